The quantitative estimate of drug-likeness (QED) is 0.0525. The molecule has 2 rings (SSSR count). The van der Waals surface area contributed by atoms with Crippen molar-refractivity contribution in [2.24, 2.45) is 9.98 Å². The van der Waals surface area contributed by atoms with E-state index < -0.39 is 0 Å². The fourth-order valence-electron chi connectivity index (χ4n) is 6.31. The number of hydrogen-bond acceptors (Lipinski definition) is 2. The largest absolute Gasteiger partial charge is 0.252 e. The van der Waals surface area contributed by atoms with Gasteiger partial charge in [0.05, 0.1) is 22.8 Å². The van der Waals surface area contributed by atoms with Crippen LogP contribution in [-0.4, -0.2) is 11.4 Å². The summed E-state index contributed by atoms with van der Waals surface area (Å²) in [7, 11) is 0. The standard InChI is InChI=1S/C43H70N2.Pd/c1-7-13-19-24-36-30-32-40(34-38(36)26-21-15-9-3)44-42(28-18-12-6)43(29-23-17-11-5)45-41-33-31-37(25-20-14-8-2)39(35-41)27-22-16-10-4;/h30-35H,7-29H2,1-6H3;. The second-order valence-electron chi connectivity index (χ2n) is 13.4. The third-order valence-electron chi connectivity index (χ3n) is 9.22. The summed E-state index contributed by atoms with van der Waals surface area (Å²) in [6.07, 6.45) is 28.1. The van der Waals surface area contributed by atoms with Crippen LogP contribution in [-0.2, 0) is 46.1 Å². The van der Waals surface area contributed by atoms with Crippen LogP contribution in [0.1, 0.15) is 186 Å². The molecule has 0 aliphatic carbocycles. The Morgan fingerprint density at radius 1 is 0.391 bits per heavy atom. The average molecular weight is 721 g/mol. The van der Waals surface area contributed by atoms with Crippen LogP contribution in [0.5, 0.6) is 0 Å². The normalized spacial score (nSPS) is 12.0. The van der Waals surface area contributed by atoms with Crippen LogP contribution >= 0.6 is 0 Å². The summed E-state index contributed by atoms with van der Waals surface area (Å²) in [6.45, 7) is 13.8. The summed E-state index contributed by atoms with van der Waals surface area (Å²) in [6, 6.07) is 14.2. The Bertz CT molecular complexity index is 1120. The molecule has 2 aromatic rings. The van der Waals surface area contributed by atoms with Crippen LogP contribution < -0.4 is 0 Å². The second-order valence-corrected chi connectivity index (χ2v) is 13.4. The molecule has 46 heavy (non-hydrogen) atoms. The van der Waals surface area contributed by atoms with Crippen molar-refractivity contribution in [3.8, 4) is 0 Å². The molecule has 0 amide bonds. The summed E-state index contributed by atoms with van der Waals surface area (Å²) in [5.74, 6) is 0. The molecule has 0 N–H and O–H groups in total. The van der Waals surface area contributed by atoms with Crippen LogP contribution in [0, 0.1) is 0 Å². The van der Waals surface area contributed by atoms with Gasteiger partial charge >= 0.3 is 0 Å². The molecule has 0 radical (unpaired) electrons. The van der Waals surface area contributed by atoms with Gasteiger partial charge in [-0.3, -0.25) is 9.98 Å². The van der Waals surface area contributed by atoms with E-state index >= 15 is 0 Å². The van der Waals surface area contributed by atoms with Crippen LogP contribution in [0.3, 0.4) is 0 Å². The van der Waals surface area contributed by atoms with Crippen molar-refractivity contribution in [3.05, 3.63) is 58.7 Å². The van der Waals surface area contributed by atoms with Gasteiger partial charge in [0.25, 0.3) is 0 Å². The molecule has 0 unspecified atom stereocenters. The van der Waals surface area contributed by atoms with Gasteiger partial charge in [-0.25, -0.2) is 0 Å². The van der Waals surface area contributed by atoms with Crippen molar-refractivity contribution < 1.29 is 20.4 Å². The van der Waals surface area contributed by atoms with Crippen LogP contribution in [0.25, 0.3) is 0 Å². The second kappa shape index (κ2) is 27.4. The van der Waals surface area contributed by atoms with Crippen molar-refractivity contribution in [2.75, 3.05) is 0 Å². The maximum Gasteiger partial charge on any atom is 0.0636 e. The maximum atomic E-state index is 5.44. The number of rotatable bonds is 26. The zero-order valence-corrected chi connectivity index (χ0v) is 32.5. The van der Waals surface area contributed by atoms with Gasteiger partial charge in [0.2, 0.25) is 0 Å². The third-order valence-corrected chi connectivity index (χ3v) is 9.22. The molecular formula is C43H70N2Pd. The summed E-state index contributed by atoms with van der Waals surface area (Å²) < 4.78 is 0. The summed E-state index contributed by atoms with van der Waals surface area (Å²) in [5.41, 5.74) is 10.8. The number of hydrogen-bond donors (Lipinski definition) is 0. The predicted molar refractivity (Wildman–Crippen MR) is 204 cm³/mol. The van der Waals surface area contributed by atoms with Crippen molar-refractivity contribution in [1.82, 2.24) is 0 Å². The Balaban J connectivity index is 0.0000106. The van der Waals surface area contributed by atoms with Crippen molar-refractivity contribution in [2.45, 2.75) is 189 Å². The van der Waals surface area contributed by atoms with Crippen molar-refractivity contribution >= 4 is 22.8 Å². The Morgan fingerprint density at radius 3 is 1.09 bits per heavy atom. The number of aliphatic imine (C=N–C) groups is 2. The molecule has 0 fully saturated rings. The van der Waals surface area contributed by atoms with E-state index in [4.69, 9.17) is 9.98 Å². The van der Waals surface area contributed by atoms with Gasteiger partial charge in [-0.2, -0.15) is 0 Å². The molecule has 0 saturated carbocycles. The van der Waals surface area contributed by atoms with E-state index in [9.17, 15) is 0 Å². The van der Waals surface area contributed by atoms with Gasteiger partial charge in [0.15, 0.2) is 0 Å². The monoisotopic (exact) mass is 720 g/mol. The van der Waals surface area contributed by atoms with Crippen LogP contribution in [0.4, 0.5) is 11.4 Å². The fourth-order valence-corrected chi connectivity index (χ4v) is 6.31. The Kier molecular flexibility index (Phi) is 25.3. The van der Waals surface area contributed by atoms with Gasteiger partial charge in [0, 0.05) is 20.4 Å². The molecule has 0 heterocycles. The predicted octanol–water partition coefficient (Wildman–Crippen LogP) is 14.2. The number of unbranched alkanes of at least 4 members (excludes halogenated alkanes) is 11. The van der Waals surface area contributed by atoms with E-state index in [0.29, 0.717) is 0 Å². The molecule has 0 aromatic heterocycles. The Hall–Kier alpha value is -1.56. The fraction of sp³-hybridized carbons (Fsp3) is 0.674. The first-order valence-corrected chi connectivity index (χ1v) is 19.5. The third kappa shape index (κ3) is 17.0. The van der Waals surface area contributed by atoms with Crippen molar-refractivity contribution in [3.63, 3.8) is 0 Å². The summed E-state index contributed by atoms with van der Waals surface area (Å²) in [5, 5.41) is 0. The number of nitrogens with zero attached hydrogens (tertiary/aromatic N) is 2. The minimum absolute atomic E-state index is 0. The maximum absolute atomic E-state index is 5.44. The molecule has 0 spiro atoms. The van der Waals surface area contributed by atoms with E-state index in [0.717, 1.165) is 30.6 Å². The van der Waals surface area contributed by atoms with E-state index in [1.165, 1.54) is 151 Å². The van der Waals surface area contributed by atoms with Gasteiger partial charge in [-0.1, -0.05) is 124 Å². The number of aryl methyl sites for hydroxylation is 4. The SMILES string of the molecule is CCCCCC(=Nc1ccc(CCCCC)c(CCCCC)c1)C(CCCC)=Nc1ccc(CCCCC)c(CCCCC)c1.[Pd]. The molecule has 0 atom stereocenters. The van der Waals surface area contributed by atoms with E-state index in [2.05, 4.69) is 77.9 Å². The molecule has 262 valence electrons. The summed E-state index contributed by atoms with van der Waals surface area (Å²) in [4.78, 5) is 10.9. The van der Waals surface area contributed by atoms with E-state index in [1.807, 2.05) is 0 Å². The first kappa shape index (κ1) is 42.5. The smallest absolute Gasteiger partial charge is 0.0636 e. The minimum atomic E-state index is 0. The van der Waals surface area contributed by atoms with Crippen LogP contribution in [0.15, 0.2) is 46.4 Å². The van der Waals surface area contributed by atoms with Gasteiger partial charge < -0.3 is 0 Å². The topological polar surface area (TPSA) is 24.7 Å². The Labute approximate surface area is 299 Å². The van der Waals surface area contributed by atoms with Gasteiger partial charge in [-0.05, 0) is 124 Å². The molecule has 0 aliphatic heterocycles. The first-order valence-electron chi connectivity index (χ1n) is 19.5. The summed E-state index contributed by atoms with van der Waals surface area (Å²) >= 11 is 0. The van der Waals surface area contributed by atoms with E-state index in [1.54, 1.807) is 11.1 Å². The zero-order valence-electron chi connectivity index (χ0n) is 30.9. The molecular weight excluding hydrogens is 651 g/mol. The Morgan fingerprint density at radius 2 is 0.717 bits per heavy atom. The molecule has 2 nitrogen and oxygen atoms in total. The van der Waals surface area contributed by atoms with Crippen molar-refractivity contribution in [1.29, 1.82) is 0 Å². The molecule has 3 heteroatoms. The zero-order chi connectivity index (χ0) is 32.5. The van der Waals surface area contributed by atoms with Gasteiger partial charge in [-0.15, -0.1) is 0 Å². The molecule has 2 aromatic carbocycles. The average Bonchev–Trinajstić information content (AvgIpc) is 3.05. The van der Waals surface area contributed by atoms with E-state index in [-0.39, 0.29) is 20.4 Å². The molecule has 0 aliphatic rings. The first-order chi connectivity index (χ1) is 22.1. The van der Waals surface area contributed by atoms with Crippen LogP contribution in [0.2, 0.25) is 0 Å². The minimum Gasteiger partial charge on any atom is -0.252 e. The number of benzene rings is 2. The van der Waals surface area contributed by atoms with Gasteiger partial charge in [0.1, 0.15) is 0 Å². The molecule has 0 bridgehead atoms. The molecule has 0 saturated heterocycles.